The molecule has 0 bridgehead atoms. The topological polar surface area (TPSA) is 15.3 Å². The van der Waals surface area contributed by atoms with Crippen LogP contribution in [0.4, 0.5) is 0 Å². The van der Waals surface area contributed by atoms with Crippen LogP contribution in [0.2, 0.25) is 0 Å². The van der Waals surface area contributed by atoms with E-state index in [0.29, 0.717) is 0 Å². The zero-order chi connectivity index (χ0) is 12.7. The van der Waals surface area contributed by atoms with Crippen molar-refractivity contribution in [2.45, 2.75) is 47.0 Å². The number of nitrogens with zero attached hydrogens (tertiary/aromatic N) is 1. The van der Waals surface area contributed by atoms with Gasteiger partial charge in [-0.15, -0.1) is 0 Å². The van der Waals surface area contributed by atoms with Crippen molar-refractivity contribution in [2.24, 2.45) is 17.8 Å². The summed E-state index contributed by atoms with van der Waals surface area (Å²) >= 11 is 0. The molecule has 0 aromatic heterocycles. The average molecular weight is 240 g/mol. The van der Waals surface area contributed by atoms with E-state index in [1.807, 2.05) is 0 Å². The van der Waals surface area contributed by atoms with E-state index in [9.17, 15) is 0 Å². The van der Waals surface area contributed by atoms with Crippen molar-refractivity contribution in [1.29, 1.82) is 0 Å². The van der Waals surface area contributed by atoms with Crippen LogP contribution < -0.4 is 5.32 Å². The fourth-order valence-corrected chi connectivity index (χ4v) is 2.85. The van der Waals surface area contributed by atoms with Gasteiger partial charge in [-0.25, -0.2) is 0 Å². The van der Waals surface area contributed by atoms with Crippen LogP contribution in [-0.4, -0.2) is 37.6 Å². The number of rotatable bonds is 8. The van der Waals surface area contributed by atoms with Gasteiger partial charge in [-0.1, -0.05) is 34.1 Å². The summed E-state index contributed by atoms with van der Waals surface area (Å²) in [5.74, 6) is 2.54. The summed E-state index contributed by atoms with van der Waals surface area (Å²) in [5, 5.41) is 3.57. The van der Waals surface area contributed by atoms with Crippen molar-refractivity contribution < 1.29 is 0 Å². The molecule has 0 amide bonds. The third-order valence-electron chi connectivity index (χ3n) is 3.68. The van der Waals surface area contributed by atoms with E-state index >= 15 is 0 Å². The van der Waals surface area contributed by atoms with Crippen molar-refractivity contribution in [3.05, 3.63) is 0 Å². The lowest BCUT2D eigenvalue weighted by Gasteiger charge is -2.21. The molecule has 1 aliphatic heterocycles. The number of hydrogen-bond acceptors (Lipinski definition) is 2. The summed E-state index contributed by atoms with van der Waals surface area (Å²) in [7, 11) is 0. The Balaban J connectivity index is 2.08. The van der Waals surface area contributed by atoms with Gasteiger partial charge in [0.1, 0.15) is 0 Å². The van der Waals surface area contributed by atoms with Crippen LogP contribution in [0.1, 0.15) is 47.0 Å². The molecule has 2 nitrogen and oxygen atoms in total. The van der Waals surface area contributed by atoms with Crippen molar-refractivity contribution >= 4 is 0 Å². The van der Waals surface area contributed by atoms with E-state index in [0.717, 1.165) is 24.3 Å². The first-order chi connectivity index (χ1) is 8.11. The Labute approximate surface area is 108 Å². The molecule has 1 saturated heterocycles. The van der Waals surface area contributed by atoms with Gasteiger partial charge in [0, 0.05) is 13.1 Å². The maximum absolute atomic E-state index is 3.57. The quantitative estimate of drug-likeness (QED) is 0.701. The number of likely N-dealkylation sites (tertiary alicyclic amines) is 1. The molecule has 1 fully saturated rings. The smallest absolute Gasteiger partial charge is 0.00193 e. The molecule has 0 aromatic carbocycles. The third kappa shape index (κ3) is 6.42. The van der Waals surface area contributed by atoms with Crippen molar-refractivity contribution in [3.63, 3.8) is 0 Å². The molecule has 1 aliphatic rings. The minimum Gasteiger partial charge on any atom is -0.316 e. The molecule has 0 aliphatic carbocycles. The Morgan fingerprint density at radius 3 is 2.65 bits per heavy atom. The average Bonchev–Trinajstić information content (AvgIpc) is 2.65. The second-order valence-corrected chi connectivity index (χ2v) is 6.36. The highest BCUT2D eigenvalue weighted by atomic mass is 15.1. The zero-order valence-corrected chi connectivity index (χ0v) is 12.3. The van der Waals surface area contributed by atoms with Crippen LogP contribution in [0.25, 0.3) is 0 Å². The molecule has 2 unspecified atom stereocenters. The monoisotopic (exact) mass is 240 g/mol. The van der Waals surface area contributed by atoms with Crippen molar-refractivity contribution in [1.82, 2.24) is 10.2 Å². The van der Waals surface area contributed by atoms with Crippen LogP contribution in [-0.2, 0) is 0 Å². The van der Waals surface area contributed by atoms with Crippen LogP contribution in [0, 0.1) is 17.8 Å². The normalized spacial score (nSPS) is 23.5. The van der Waals surface area contributed by atoms with E-state index < -0.39 is 0 Å². The van der Waals surface area contributed by atoms with Gasteiger partial charge in [-0.3, -0.25) is 0 Å². The molecule has 102 valence electrons. The van der Waals surface area contributed by atoms with E-state index in [-0.39, 0.29) is 0 Å². The van der Waals surface area contributed by atoms with Gasteiger partial charge in [0.25, 0.3) is 0 Å². The van der Waals surface area contributed by atoms with Crippen molar-refractivity contribution in [3.8, 4) is 0 Å². The third-order valence-corrected chi connectivity index (χ3v) is 3.68. The lowest BCUT2D eigenvalue weighted by Crippen LogP contribution is -2.33. The maximum atomic E-state index is 3.57. The van der Waals surface area contributed by atoms with Crippen LogP contribution in [0.15, 0.2) is 0 Å². The van der Waals surface area contributed by atoms with Crippen LogP contribution in [0.3, 0.4) is 0 Å². The van der Waals surface area contributed by atoms with Gasteiger partial charge >= 0.3 is 0 Å². The van der Waals surface area contributed by atoms with Gasteiger partial charge in [-0.05, 0) is 50.2 Å². The Morgan fingerprint density at radius 1 is 1.24 bits per heavy atom. The molecule has 2 atom stereocenters. The first-order valence-electron chi connectivity index (χ1n) is 7.54. The van der Waals surface area contributed by atoms with Gasteiger partial charge in [0.05, 0.1) is 0 Å². The summed E-state index contributed by atoms with van der Waals surface area (Å²) in [4.78, 5) is 2.67. The molecular weight excluding hydrogens is 208 g/mol. The Hall–Kier alpha value is -0.0800. The second kappa shape index (κ2) is 8.10. The second-order valence-electron chi connectivity index (χ2n) is 6.36. The van der Waals surface area contributed by atoms with Gasteiger partial charge < -0.3 is 10.2 Å². The Bertz CT molecular complexity index is 191. The van der Waals surface area contributed by atoms with Crippen LogP contribution in [0.5, 0.6) is 0 Å². The molecular formula is C15H32N2. The number of nitrogens with one attached hydrogen (secondary N) is 1. The first kappa shape index (κ1) is 15.0. The summed E-state index contributed by atoms with van der Waals surface area (Å²) in [6.45, 7) is 15.5. The predicted octanol–water partition coefficient (Wildman–Crippen LogP) is 2.99. The lowest BCUT2D eigenvalue weighted by atomic mass is 10.0. The molecule has 2 heteroatoms. The highest BCUT2D eigenvalue weighted by Crippen LogP contribution is 2.21. The van der Waals surface area contributed by atoms with Gasteiger partial charge in [-0.2, -0.15) is 0 Å². The molecule has 17 heavy (non-hydrogen) atoms. The standard InChI is InChI=1S/C15H32N2/c1-5-6-15-7-8-17(12-15)11-14(4)10-16-9-13(2)3/h13-16H,5-12H2,1-4H3. The highest BCUT2D eigenvalue weighted by Gasteiger charge is 2.22. The Kier molecular flexibility index (Phi) is 7.14. The predicted molar refractivity (Wildman–Crippen MR) is 76.3 cm³/mol. The fourth-order valence-electron chi connectivity index (χ4n) is 2.85. The van der Waals surface area contributed by atoms with E-state index in [4.69, 9.17) is 0 Å². The van der Waals surface area contributed by atoms with Crippen molar-refractivity contribution in [2.75, 3.05) is 32.7 Å². The van der Waals surface area contributed by atoms with E-state index in [1.54, 1.807) is 0 Å². The first-order valence-corrected chi connectivity index (χ1v) is 7.54. The van der Waals surface area contributed by atoms with E-state index in [2.05, 4.69) is 37.9 Å². The minimum absolute atomic E-state index is 0.767. The van der Waals surface area contributed by atoms with Gasteiger partial charge in [0.15, 0.2) is 0 Å². The summed E-state index contributed by atoms with van der Waals surface area (Å²) < 4.78 is 0. The fraction of sp³-hybridized carbons (Fsp3) is 1.00. The summed E-state index contributed by atoms with van der Waals surface area (Å²) in [6.07, 6.45) is 4.21. The molecule has 0 aromatic rings. The molecule has 1 heterocycles. The maximum Gasteiger partial charge on any atom is 0.00193 e. The molecule has 0 radical (unpaired) electrons. The molecule has 0 saturated carbocycles. The minimum atomic E-state index is 0.767. The lowest BCUT2D eigenvalue weighted by molar-refractivity contribution is 0.270. The molecule has 0 spiro atoms. The van der Waals surface area contributed by atoms with Gasteiger partial charge in [0.2, 0.25) is 0 Å². The Morgan fingerprint density at radius 2 is 2.00 bits per heavy atom. The highest BCUT2D eigenvalue weighted by molar-refractivity contribution is 4.77. The van der Waals surface area contributed by atoms with E-state index in [1.165, 1.54) is 45.4 Å². The zero-order valence-electron chi connectivity index (χ0n) is 12.3. The number of hydrogen-bond donors (Lipinski definition) is 1. The molecule has 1 N–H and O–H groups in total. The summed E-state index contributed by atoms with van der Waals surface area (Å²) in [6, 6.07) is 0. The summed E-state index contributed by atoms with van der Waals surface area (Å²) in [5.41, 5.74) is 0. The SMILES string of the molecule is CCCC1CCN(CC(C)CNCC(C)C)C1. The molecule has 1 rings (SSSR count). The van der Waals surface area contributed by atoms with Crippen LogP contribution >= 0.6 is 0 Å². The largest absolute Gasteiger partial charge is 0.316 e.